The molecule has 1 aromatic carbocycles. The number of nitrogens with zero attached hydrogens (tertiary/aromatic N) is 1. The number of hydrogen-bond acceptors (Lipinski definition) is 3. The van der Waals surface area contributed by atoms with Crippen LogP contribution in [0.5, 0.6) is 0 Å². The van der Waals surface area contributed by atoms with E-state index in [9.17, 15) is 9.59 Å². The number of aryl methyl sites for hydroxylation is 1. The lowest BCUT2D eigenvalue weighted by molar-refractivity contribution is -0.131. The van der Waals surface area contributed by atoms with E-state index >= 15 is 0 Å². The van der Waals surface area contributed by atoms with Gasteiger partial charge in [0.25, 0.3) is 0 Å². The van der Waals surface area contributed by atoms with E-state index in [2.05, 4.69) is 10.3 Å². The number of carboxylic acids is 1. The average Bonchev–Trinajstić information content (AvgIpc) is 2.35. The van der Waals surface area contributed by atoms with Crippen LogP contribution < -0.4 is 5.32 Å². The molecule has 0 saturated heterocycles. The quantitative estimate of drug-likeness (QED) is 0.840. The summed E-state index contributed by atoms with van der Waals surface area (Å²) in [7, 11) is 0. The molecule has 0 bridgehead atoms. The Hall–Kier alpha value is -2.69. The van der Waals surface area contributed by atoms with Crippen molar-refractivity contribution in [3.8, 4) is 0 Å². The predicted molar refractivity (Wildman–Crippen MR) is 77.5 cm³/mol. The third kappa shape index (κ3) is 3.20. The molecule has 0 fully saturated rings. The first-order valence-electron chi connectivity index (χ1n) is 6.06. The molecule has 0 atom stereocenters. The van der Waals surface area contributed by atoms with Gasteiger partial charge in [-0.05, 0) is 42.8 Å². The number of benzene rings is 1. The first-order chi connectivity index (χ1) is 9.45. The molecule has 0 unspecified atom stereocenters. The summed E-state index contributed by atoms with van der Waals surface area (Å²) in [6, 6.07) is 7.15. The van der Waals surface area contributed by atoms with Gasteiger partial charge in [0.2, 0.25) is 5.91 Å². The fraction of sp³-hybridized carbons (Fsp3) is 0.133. The Kier molecular flexibility index (Phi) is 3.79. The number of carbonyl (C=O) groups excluding carboxylic acids is 1. The minimum absolute atomic E-state index is 0.160. The molecular formula is C15H14N2O3. The van der Waals surface area contributed by atoms with Crippen molar-refractivity contribution >= 4 is 34.5 Å². The van der Waals surface area contributed by atoms with Gasteiger partial charge < -0.3 is 10.4 Å². The third-order valence-electron chi connectivity index (χ3n) is 2.69. The van der Waals surface area contributed by atoms with Crippen LogP contribution in [0.1, 0.15) is 18.2 Å². The SMILES string of the molecule is CC(=O)Nc1ccc2nc(C)cc(/C=C/C(=O)O)c2c1. The van der Waals surface area contributed by atoms with Gasteiger partial charge in [-0.3, -0.25) is 9.78 Å². The molecule has 0 aliphatic rings. The molecule has 1 amide bonds. The van der Waals surface area contributed by atoms with Gasteiger partial charge in [-0.25, -0.2) is 4.79 Å². The molecule has 102 valence electrons. The van der Waals surface area contributed by atoms with Crippen molar-refractivity contribution < 1.29 is 14.7 Å². The topological polar surface area (TPSA) is 79.3 Å². The number of carboxylic acid groups (broad SMARTS) is 1. The van der Waals surface area contributed by atoms with Gasteiger partial charge in [0.05, 0.1) is 5.52 Å². The number of fused-ring (bicyclic) bond motifs is 1. The number of aliphatic carboxylic acids is 1. The van der Waals surface area contributed by atoms with E-state index in [1.54, 1.807) is 24.3 Å². The second-order valence-electron chi connectivity index (χ2n) is 4.44. The van der Waals surface area contributed by atoms with Gasteiger partial charge in [-0.2, -0.15) is 0 Å². The first kappa shape index (κ1) is 13.7. The molecule has 5 nitrogen and oxygen atoms in total. The van der Waals surface area contributed by atoms with Crippen molar-refractivity contribution in [2.75, 3.05) is 5.32 Å². The maximum absolute atomic E-state index is 11.1. The Balaban J connectivity index is 2.58. The van der Waals surface area contributed by atoms with Gasteiger partial charge in [0.1, 0.15) is 0 Å². The van der Waals surface area contributed by atoms with Gasteiger partial charge >= 0.3 is 5.97 Å². The highest BCUT2D eigenvalue weighted by Crippen LogP contribution is 2.23. The van der Waals surface area contributed by atoms with Crippen molar-refractivity contribution in [2.24, 2.45) is 0 Å². The monoisotopic (exact) mass is 270 g/mol. The van der Waals surface area contributed by atoms with Crippen molar-refractivity contribution in [1.29, 1.82) is 0 Å². The van der Waals surface area contributed by atoms with E-state index in [-0.39, 0.29) is 5.91 Å². The van der Waals surface area contributed by atoms with Crippen molar-refractivity contribution in [2.45, 2.75) is 13.8 Å². The summed E-state index contributed by atoms with van der Waals surface area (Å²) < 4.78 is 0. The van der Waals surface area contributed by atoms with Crippen LogP contribution in [-0.2, 0) is 9.59 Å². The van der Waals surface area contributed by atoms with Crippen LogP contribution in [0.3, 0.4) is 0 Å². The van der Waals surface area contributed by atoms with Crippen LogP contribution in [-0.4, -0.2) is 22.0 Å². The standard InChI is InChI=1S/C15H14N2O3/c1-9-7-11(3-6-15(19)20)13-8-12(17-10(2)18)4-5-14(13)16-9/h3-8H,1-2H3,(H,17,18)(H,19,20)/b6-3+. The lowest BCUT2D eigenvalue weighted by atomic mass is 10.1. The van der Waals surface area contributed by atoms with Gasteiger partial charge in [-0.15, -0.1) is 0 Å². The van der Waals surface area contributed by atoms with E-state index < -0.39 is 5.97 Å². The van der Waals surface area contributed by atoms with Gasteiger partial charge in [0.15, 0.2) is 0 Å². The first-order valence-corrected chi connectivity index (χ1v) is 6.06. The molecule has 1 heterocycles. The summed E-state index contributed by atoms with van der Waals surface area (Å²) in [5.41, 5.74) is 2.96. The van der Waals surface area contributed by atoms with Crippen LogP contribution in [0.2, 0.25) is 0 Å². The molecule has 1 aromatic heterocycles. The van der Waals surface area contributed by atoms with Gasteiger partial charge in [0, 0.05) is 29.8 Å². The molecule has 20 heavy (non-hydrogen) atoms. The Morgan fingerprint density at radius 3 is 2.70 bits per heavy atom. The number of rotatable bonds is 3. The zero-order valence-corrected chi connectivity index (χ0v) is 11.2. The second-order valence-corrected chi connectivity index (χ2v) is 4.44. The Morgan fingerprint density at radius 1 is 1.30 bits per heavy atom. The number of nitrogens with one attached hydrogen (secondary N) is 1. The van der Waals surface area contributed by atoms with E-state index in [1.807, 2.05) is 6.92 Å². The smallest absolute Gasteiger partial charge is 0.328 e. The number of amides is 1. The summed E-state index contributed by atoms with van der Waals surface area (Å²) in [6.07, 6.45) is 2.61. The summed E-state index contributed by atoms with van der Waals surface area (Å²) in [4.78, 5) is 26.1. The van der Waals surface area contributed by atoms with Crippen LogP contribution in [0.15, 0.2) is 30.3 Å². The molecular weight excluding hydrogens is 256 g/mol. The maximum atomic E-state index is 11.1. The van der Waals surface area contributed by atoms with Crippen molar-refractivity contribution in [3.05, 3.63) is 41.6 Å². The molecule has 0 aliphatic carbocycles. The highest BCUT2D eigenvalue weighted by Gasteiger charge is 2.05. The number of hydrogen-bond donors (Lipinski definition) is 2. The molecule has 2 N–H and O–H groups in total. The molecule has 0 radical (unpaired) electrons. The van der Waals surface area contributed by atoms with Gasteiger partial charge in [-0.1, -0.05) is 0 Å². The highest BCUT2D eigenvalue weighted by atomic mass is 16.4. The van der Waals surface area contributed by atoms with Crippen molar-refractivity contribution in [1.82, 2.24) is 4.98 Å². The van der Waals surface area contributed by atoms with E-state index in [0.717, 1.165) is 28.2 Å². The summed E-state index contributed by atoms with van der Waals surface area (Å²) in [5, 5.41) is 12.2. The minimum Gasteiger partial charge on any atom is -0.478 e. The van der Waals surface area contributed by atoms with Crippen LogP contribution in [0, 0.1) is 6.92 Å². The molecule has 0 aliphatic heterocycles. The molecule has 0 spiro atoms. The zero-order valence-electron chi connectivity index (χ0n) is 11.2. The number of anilines is 1. The van der Waals surface area contributed by atoms with E-state index in [4.69, 9.17) is 5.11 Å². The number of aromatic nitrogens is 1. The Labute approximate surface area is 115 Å². The lowest BCUT2D eigenvalue weighted by Crippen LogP contribution is -2.05. The summed E-state index contributed by atoms with van der Waals surface area (Å²) >= 11 is 0. The zero-order chi connectivity index (χ0) is 14.7. The Morgan fingerprint density at radius 2 is 2.05 bits per heavy atom. The van der Waals surface area contributed by atoms with Crippen LogP contribution in [0.4, 0.5) is 5.69 Å². The number of pyridine rings is 1. The summed E-state index contributed by atoms with van der Waals surface area (Å²) in [6.45, 7) is 3.28. The predicted octanol–water partition coefficient (Wildman–Crippen LogP) is 2.60. The molecule has 2 aromatic rings. The highest BCUT2D eigenvalue weighted by molar-refractivity contribution is 5.96. The lowest BCUT2D eigenvalue weighted by Gasteiger charge is -2.07. The van der Waals surface area contributed by atoms with E-state index in [0.29, 0.717) is 5.69 Å². The van der Waals surface area contributed by atoms with Crippen molar-refractivity contribution in [3.63, 3.8) is 0 Å². The third-order valence-corrected chi connectivity index (χ3v) is 2.69. The molecule has 5 heteroatoms. The number of carbonyl (C=O) groups is 2. The normalized spacial score (nSPS) is 10.9. The average molecular weight is 270 g/mol. The molecule has 2 rings (SSSR count). The van der Waals surface area contributed by atoms with Crippen LogP contribution in [0.25, 0.3) is 17.0 Å². The second kappa shape index (κ2) is 5.52. The Bertz CT molecular complexity index is 720. The largest absolute Gasteiger partial charge is 0.478 e. The van der Waals surface area contributed by atoms with Crippen LogP contribution >= 0.6 is 0 Å². The minimum atomic E-state index is -1.01. The fourth-order valence-corrected chi connectivity index (χ4v) is 1.97. The maximum Gasteiger partial charge on any atom is 0.328 e. The molecule has 0 saturated carbocycles. The van der Waals surface area contributed by atoms with E-state index in [1.165, 1.54) is 13.0 Å². The fourth-order valence-electron chi connectivity index (χ4n) is 1.97. The summed E-state index contributed by atoms with van der Waals surface area (Å²) in [5.74, 6) is -1.17.